The van der Waals surface area contributed by atoms with Crippen LogP contribution in [0.3, 0.4) is 0 Å². The Balaban J connectivity index is 1.34. The third-order valence-corrected chi connectivity index (χ3v) is 8.89. The number of nitrogens with one attached hydrogen (secondary N) is 1. The van der Waals surface area contributed by atoms with Crippen molar-refractivity contribution in [3.63, 3.8) is 0 Å². The molecule has 1 aliphatic carbocycles. The lowest BCUT2D eigenvalue weighted by molar-refractivity contribution is -0.254. The van der Waals surface area contributed by atoms with Crippen molar-refractivity contribution >= 4 is 34.3 Å². The molecule has 10 nitrogen and oxygen atoms in total. The first-order valence-electron chi connectivity index (χ1n) is 16.4. The predicted molar refractivity (Wildman–Crippen MR) is 188 cm³/mol. The van der Waals surface area contributed by atoms with Crippen LogP contribution in [0.2, 0.25) is 0 Å². The van der Waals surface area contributed by atoms with Gasteiger partial charge in [0.2, 0.25) is 5.36 Å². The van der Waals surface area contributed by atoms with Gasteiger partial charge < -0.3 is 24.5 Å². The summed E-state index contributed by atoms with van der Waals surface area (Å²) in [4.78, 5) is 44.2. The first-order valence-corrected chi connectivity index (χ1v) is 16.4. The zero-order chi connectivity index (χ0) is 34.5. The third kappa shape index (κ3) is 7.83. The summed E-state index contributed by atoms with van der Waals surface area (Å²) >= 11 is 0. The van der Waals surface area contributed by atoms with Gasteiger partial charge in [0, 0.05) is 111 Å². The molecule has 1 saturated heterocycles. The highest BCUT2D eigenvalue weighted by Gasteiger charge is 2.22. The zero-order valence-corrected chi connectivity index (χ0v) is 28.7. The molecule has 2 aromatic rings. The highest BCUT2D eigenvalue weighted by molar-refractivity contribution is 6.09. The van der Waals surface area contributed by atoms with Gasteiger partial charge in [-0.1, -0.05) is 26.0 Å². The van der Waals surface area contributed by atoms with E-state index in [1.54, 1.807) is 18.2 Å². The van der Waals surface area contributed by atoms with Gasteiger partial charge in [-0.05, 0) is 42.0 Å². The number of carbonyl (C=O) groups excluding carboxylic acids is 3. The summed E-state index contributed by atoms with van der Waals surface area (Å²) in [5, 5.41) is 17.2. The smallest absolute Gasteiger partial charge is 0.251 e. The van der Waals surface area contributed by atoms with Crippen molar-refractivity contribution in [3.8, 4) is 22.5 Å². The Morgan fingerprint density at radius 1 is 0.958 bits per heavy atom. The van der Waals surface area contributed by atoms with Crippen LogP contribution >= 0.6 is 0 Å². The second kappa shape index (κ2) is 15.0. The number of carboxylic acid groups (broad SMARTS) is 1. The molecule has 2 aliphatic heterocycles. The number of anilines is 1. The van der Waals surface area contributed by atoms with Crippen LogP contribution in [0.15, 0.2) is 71.2 Å². The van der Waals surface area contributed by atoms with Gasteiger partial charge in [0.15, 0.2) is 5.78 Å². The third-order valence-electron chi connectivity index (χ3n) is 8.89. The molecule has 0 aromatic heterocycles. The Kier molecular flexibility index (Phi) is 10.8. The maximum Gasteiger partial charge on any atom is 0.251 e. The number of aromatic carboxylic acids is 1. The Hall–Kier alpha value is -4.80. The summed E-state index contributed by atoms with van der Waals surface area (Å²) in [7, 11) is 7.80. The SMILES string of the molecule is CC(C)C(=O)/C=C/CN1CCN(CCNC(=O)c2ccc(-c3c4ccc(=[N+](C)C)cc-4oc4cc(N(C)C)ccc34)c(C(=O)[O-])c2)CC1. The predicted octanol–water partition coefficient (Wildman–Crippen LogP) is 2.79. The van der Waals surface area contributed by atoms with Gasteiger partial charge in [-0.2, -0.15) is 0 Å². The number of nitrogens with zero attached hydrogens (tertiary/aromatic N) is 4. The molecule has 10 heteroatoms. The van der Waals surface area contributed by atoms with Gasteiger partial charge in [-0.3, -0.25) is 19.4 Å². The second-order valence-corrected chi connectivity index (χ2v) is 13.0. The molecular weight excluding hydrogens is 606 g/mol. The number of ketones is 1. The normalized spacial score (nSPS) is 14.2. The zero-order valence-electron chi connectivity index (χ0n) is 28.7. The number of hydrogen-bond donors (Lipinski definition) is 1. The maximum atomic E-state index is 13.2. The lowest BCUT2D eigenvalue weighted by Gasteiger charge is -2.34. The number of amides is 1. The quantitative estimate of drug-likeness (QED) is 0.150. The monoisotopic (exact) mass is 651 g/mol. The van der Waals surface area contributed by atoms with Crippen molar-refractivity contribution in [1.29, 1.82) is 0 Å². The number of hydrogen-bond acceptors (Lipinski definition) is 8. The molecular formula is C38H45N5O5. The van der Waals surface area contributed by atoms with Crippen molar-refractivity contribution < 1.29 is 23.9 Å². The first kappa shape index (κ1) is 34.5. The Morgan fingerprint density at radius 3 is 2.33 bits per heavy atom. The summed E-state index contributed by atoms with van der Waals surface area (Å²) < 4.78 is 8.36. The van der Waals surface area contributed by atoms with Gasteiger partial charge in [-0.25, -0.2) is 4.58 Å². The van der Waals surface area contributed by atoms with Crippen molar-refractivity contribution in [1.82, 2.24) is 19.7 Å². The average molecular weight is 652 g/mol. The fraction of sp³-hybridized carbons (Fsp3) is 0.368. The largest absolute Gasteiger partial charge is 0.545 e. The Bertz CT molecular complexity index is 1900. The van der Waals surface area contributed by atoms with Gasteiger partial charge >= 0.3 is 0 Å². The minimum Gasteiger partial charge on any atom is -0.545 e. The van der Waals surface area contributed by atoms with Crippen LogP contribution in [0.5, 0.6) is 0 Å². The molecule has 3 aliphatic rings. The Morgan fingerprint density at radius 2 is 1.67 bits per heavy atom. The topological polar surface area (TPSA) is 112 Å². The number of carbonyl (C=O) groups is 3. The van der Waals surface area contributed by atoms with E-state index in [9.17, 15) is 19.5 Å². The van der Waals surface area contributed by atoms with Crippen molar-refractivity contribution in [3.05, 3.63) is 83.2 Å². The van der Waals surface area contributed by atoms with Gasteiger partial charge in [0.25, 0.3) is 5.91 Å². The fourth-order valence-electron chi connectivity index (χ4n) is 5.92. The molecule has 2 aromatic carbocycles. The van der Waals surface area contributed by atoms with E-state index in [-0.39, 0.29) is 28.7 Å². The molecule has 5 rings (SSSR count). The average Bonchev–Trinajstić information content (AvgIpc) is 3.06. The first-order chi connectivity index (χ1) is 22.9. The number of benzene rings is 3. The van der Waals surface area contributed by atoms with Gasteiger partial charge in [0.05, 0.1) is 12.0 Å². The molecule has 1 fully saturated rings. The van der Waals surface area contributed by atoms with E-state index in [0.717, 1.165) is 54.7 Å². The van der Waals surface area contributed by atoms with Gasteiger partial charge in [0.1, 0.15) is 25.4 Å². The minimum atomic E-state index is -1.36. The maximum absolute atomic E-state index is 13.2. The molecule has 0 radical (unpaired) electrons. The Labute approximate surface area is 281 Å². The van der Waals surface area contributed by atoms with Crippen LogP contribution in [0.4, 0.5) is 5.69 Å². The molecule has 1 amide bonds. The van der Waals surface area contributed by atoms with E-state index in [2.05, 4.69) is 15.1 Å². The van der Waals surface area contributed by atoms with Crippen LogP contribution in [0.25, 0.3) is 33.4 Å². The standard InChI is InChI=1S/C38H45N5O5/c1-25(2)33(44)8-7-16-42-18-20-43(21-19-42)17-15-39-37(45)26-9-12-29(32(22-26)38(46)47)36-30-13-10-27(40(3)4)23-34(30)48-35-24-28(41(5)6)11-14-31(35)36/h7-14,22-25H,15-21H2,1-6H3,(H-,39,45,46,47)/b8-7+. The van der Waals surface area contributed by atoms with Crippen LogP contribution in [0, 0.1) is 5.92 Å². The summed E-state index contributed by atoms with van der Waals surface area (Å²) in [5.74, 6) is -0.941. The van der Waals surface area contributed by atoms with Crippen LogP contribution in [0.1, 0.15) is 34.6 Å². The summed E-state index contributed by atoms with van der Waals surface area (Å²) in [5.41, 5.74) is 3.66. The van der Waals surface area contributed by atoms with Crippen LogP contribution in [-0.2, 0) is 4.79 Å². The number of carboxylic acids is 1. The van der Waals surface area contributed by atoms with Crippen LogP contribution in [-0.4, -0.2) is 101 Å². The van der Waals surface area contributed by atoms with Crippen molar-refractivity contribution in [2.45, 2.75) is 13.8 Å². The highest BCUT2D eigenvalue weighted by atomic mass is 16.4. The lowest BCUT2D eigenvalue weighted by atomic mass is 9.89. The van der Waals surface area contributed by atoms with Crippen molar-refractivity contribution in [2.75, 3.05) is 78.9 Å². The molecule has 0 atom stereocenters. The molecule has 252 valence electrons. The molecule has 1 N–H and O–H groups in total. The van der Waals surface area contributed by atoms with E-state index < -0.39 is 5.97 Å². The minimum absolute atomic E-state index is 0.00766. The lowest BCUT2D eigenvalue weighted by Crippen LogP contribution is -2.48. The molecule has 0 saturated carbocycles. The van der Waals surface area contributed by atoms with E-state index in [4.69, 9.17) is 4.42 Å². The number of rotatable bonds is 11. The molecule has 0 bridgehead atoms. The van der Waals surface area contributed by atoms with E-state index in [0.29, 0.717) is 35.6 Å². The summed E-state index contributed by atoms with van der Waals surface area (Å²) in [6.45, 7) is 9.15. The van der Waals surface area contributed by atoms with E-state index in [1.807, 2.05) is 94.0 Å². The number of allylic oxidation sites excluding steroid dienone is 1. The molecule has 2 heterocycles. The fourth-order valence-corrected chi connectivity index (χ4v) is 5.92. The van der Waals surface area contributed by atoms with E-state index in [1.165, 1.54) is 6.07 Å². The van der Waals surface area contributed by atoms with Crippen LogP contribution < -0.4 is 25.3 Å². The number of fused-ring (bicyclic) bond motifs is 2. The second-order valence-electron chi connectivity index (χ2n) is 13.0. The highest BCUT2D eigenvalue weighted by Crippen LogP contribution is 2.42. The van der Waals surface area contributed by atoms with E-state index >= 15 is 0 Å². The summed E-state index contributed by atoms with van der Waals surface area (Å²) in [6, 6.07) is 16.4. The molecule has 0 spiro atoms. The molecule has 0 unspecified atom stereocenters. The van der Waals surface area contributed by atoms with Crippen molar-refractivity contribution in [2.24, 2.45) is 5.92 Å². The van der Waals surface area contributed by atoms with Gasteiger partial charge in [-0.15, -0.1) is 0 Å². The number of piperazine rings is 1. The molecule has 48 heavy (non-hydrogen) atoms. The summed E-state index contributed by atoms with van der Waals surface area (Å²) in [6.07, 6.45) is 3.61.